The highest BCUT2D eigenvalue weighted by molar-refractivity contribution is 5.29. The summed E-state index contributed by atoms with van der Waals surface area (Å²) in [4.78, 5) is 16.1. The fraction of sp³-hybridized carbons (Fsp3) is 0.273. The molecule has 0 bridgehead atoms. The first-order valence-corrected chi connectivity index (χ1v) is 5.43. The van der Waals surface area contributed by atoms with Gasteiger partial charge >= 0.3 is 12.0 Å². The van der Waals surface area contributed by atoms with Gasteiger partial charge in [-0.2, -0.15) is 9.97 Å². The van der Waals surface area contributed by atoms with Gasteiger partial charge in [-0.15, -0.1) is 4.98 Å². The van der Waals surface area contributed by atoms with Crippen LogP contribution in [0.2, 0.25) is 0 Å². The summed E-state index contributed by atoms with van der Waals surface area (Å²) in [6, 6.07) is 3.88. The molecular formula is C11H13N5O2. The summed E-state index contributed by atoms with van der Waals surface area (Å²) in [5, 5.41) is 2.97. The average Bonchev–Trinajstić information content (AvgIpc) is 2.40. The second kappa shape index (κ2) is 5.76. The molecule has 2 heterocycles. The minimum Gasteiger partial charge on any atom is -0.467 e. The molecule has 0 spiro atoms. The van der Waals surface area contributed by atoms with E-state index in [-0.39, 0.29) is 12.0 Å². The number of nitrogens with one attached hydrogen (secondary N) is 1. The van der Waals surface area contributed by atoms with Gasteiger partial charge in [0.25, 0.3) is 0 Å². The second-order valence-corrected chi connectivity index (χ2v) is 3.25. The lowest BCUT2D eigenvalue weighted by Gasteiger charge is -2.07. The first kappa shape index (κ1) is 12.0. The lowest BCUT2D eigenvalue weighted by Crippen LogP contribution is -2.06. The monoisotopic (exact) mass is 247 g/mol. The molecule has 0 amide bonds. The predicted molar refractivity (Wildman–Crippen MR) is 64.9 cm³/mol. The highest BCUT2D eigenvalue weighted by Gasteiger charge is 2.08. The first-order valence-electron chi connectivity index (χ1n) is 5.43. The van der Waals surface area contributed by atoms with E-state index in [2.05, 4.69) is 25.3 Å². The number of anilines is 1. The Morgan fingerprint density at radius 3 is 2.72 bits per heavy atom. The number of hydrogen-bond donors (Lipinski definition) is 1. The Hall–Kier alpha value is -2.44. The van der Waals surface area contributed by atoms with Gasteiger partial charge in [0.15, 0.2) is 0 Å². The number of rotatable bonds is 5. The summed E-state index contributed by atoms with van der Waals surface area (Å²) < 4.78 is 10.4. The van der Waals surface area contributed by atoms with Crippen LogP contribution in [0.5, 0.6) is 17.8 Å². The molecular weight excluding hydrogens is 234 g/mol. The molecule has 0 aliphatic carbocycles. The van der Waals surface area contributed by atoms with E-state index in [9.17, 15) is 0 Å². The van der Waals surface area contributed by atoms with E-state index in [0.717, 1.165) is 0 Å². The van der Waals surface area contributed by atoms with Crippen molar-refractivity contribution in [2.75, 3.05) is 19.0 Å². The number of hydrogen-bond acceptors (Lipinski definition) is 7. The lowest BCUT2D eigenvalue weighted by molar-refractivity contribution is 0.360. The molecule has 1 N–H and O–H groups in total. The standard InChI is InChI=1S/C11H13N5O2/c1-3-13-9-14-10(17-2)16-11(15-9)18-8-5-4-6-12-7-8/h4-7H,3H2,1-2H3,(H,13,14,15,16). The van der Waals surface area contributed by atoms with Crippen molar-refractivity contribution in [1.29, 1.82) is 0 Å². The smallest absolute Gasteiger partial charge is 0.330 e. The Kier molecular flexibility index (Phi) is 3.85. The maximum absolute atomic E-state index is 5.46. The molecule has 2 aromatic rings. The van der Waals surface area contributed by atoms with Gasteiger partial charge in [0.2, 0.25) is 5.95 Å². The Morgan fingerprint density at radius 2 is 2.06 bits per heavy atom. The molecule has 0 saturated carbocycles. The minimum atomic E-state index is 0.158. The van der Waals surface area contributed by atoms with E-state index in [1.807, 2.05) is 6.92 Å². The van der Waals surface area contributed by atoms with Crippen LogP contribution in [0.1, 0.15) is 6.92 Å². The zero-order chi connectivity index (χ0) is 12.8. The number of methoxy groups -OCH3 is 1. The summed E-state index contributed by atoms with van der Waals surface area (Å²) in [5.74, 6) is 0.955. The number of nitrogens with zero attached hydrogens (tertiary/aromatic N) is 4. The van der Waals surface area contributed by atoms with Gasteiger partial charge in [-0.3, -0.25) is 4.98 Å². The van der Waals surface area contributed by atoms with Gasteiger partial charge in [-0.25, -0.2) is 0 Å². The highest BCUT2D eigenvalue weighted by atomic mass is 16.5. The van der Waals surface area contributed by atoms with E-state index in [0.29, 0.717) is 18.2 Å². The topological polar surface area (TPSA) is 82.1 Å². The summed E-state index contributed by atoms with van der Waals surface area (Å²) in [7, 11) is 1.49. The van der Waals surface area contributed by atoms with Crippen LogP contribution in [-0.2, 0) is 0 Å². The van der Waals surface area contributed by atoms with Gasteiger partial charge < -0.3 is 14.8 Å². The molecule has 0 saturated heterocycles. The van der Waals surface area contributed by atoms with Gasteiger partial charge in [-0.1, -0.05) is 0 Å². The minimum absolute atomic E-state index is 0.158. The van der Waals surface area contributed by atoms with Crippen molar-refractivity contribution in [2.24, 2.45) is 0 Å². The van der Waals surface area contributed by atoms with Gasteiger partial charge in [0.1, 0.15) is 5.75 Å². The predicted octanol–water partition coefficient (Wildman–Crippen LogP) is 1.50. The Morgan fingerprint density at radius 1 is 1.22 bits per heavy atom. The third-order valence-electron chi connectivity index (χ3n) is 1.96. The summed E-state index contributed by atoms with van der Waals surface area (Å²) in [5.41, 5.74) is 0. The molecule has 0 unspecified atom stereocenters. The first-order chi connectivity index (χ1) is 8.81. The number of pyridine rings is 1. The van der Waals surface area contributed by atoms with Crippen molar-refractivity contribution >= 4 is 5.95 Å². The van der Waals surface area contributed by atoms with Crippen molar-refractivity contribution in [1.82, 2.24) is 19.9 Å². The SMILES string of the molecule is CCNc1nc(OC)nc(Oc2cccnc2)n1. The fourth-order valence-electron chi connectivity index (χ4n) is 1.22. The van der Waals surface area contributed by atoms with Crippen LogP contribution in [0.4, 0.5) is 5.95 Å². The molecule has 0 aliphatic rings. The van der Waals surface area contributed by atoms with E-state index < -0.39 is 0 Å². The maximum Gasteiger partial charge on any atom is 0.330 e. The molecule has 2 rings (SSSR count). The third kappa shape index (κ3) is 3.03. The van der Waals surface area contributed by atoms with Crippen LogP contribution in [0.25, 0.3) is 0 Å². The third-order valence-corrected chi connectivity index (χ3v) is 1.96. The van der Waals surface area contributed by atoms with E-state index in [4.69, 9.17) is 9.47 Å². The van der Waals surface area contributed by atoms with Crippen LogP contribution in [0.15, 0.2) is 24.5 Å². The van der Waals surface area contributed by atoms with Crippen LogP contribution < -0.4 is 14.8 Å². The molecule has 0 aromatic carbocycles. The van der Waals surface area contributed by atoms with Gasteiger partial charge in [0, 0.05) is 12.7 Å². The molecule has 94 valence electrons. The largest absolute Gasteiger partial charge is 0.467 e. The van der Waals surface area contributed by atoms with Crippen molar-refractivity contribution in [3.63, 3.8) is 0 Å². The fourth-order valence-corrected chi connectivity index (χ4v) is 1.22. The molecule has 0 fully saturated rings. The second-order valence-electron chi connectivity index (χ2n) is 3.25. The van der Waals surface area contributed by atoms with E-state index in [1.165, 1.54) is 7.11 Å². The Bertz CT molecular complexity index is 506. The Balaban J connectivity index is 2.24. The zero-order valence-corrected chi connectivity index (χ0v) is 10.1. The molecule has 0 aliphatic heterocycles. The number of aromatic nitrogens is 4. The summed E-state index contributed by atoms with van der Waals surface area (Å²) >= 11 is 0. The number of ether oxygens (including phenoxy) is 2. The van der Waals surface area contributed by atoms with Crippen molar-refractivity contribution in [3.05, 3.63) is 24.5 Å². The molecule has 0 radical (unpaired) electrons. The van der Waals surface area contributed by atoms with Crippen molar-refractivity contribution in [3.8, 4) is 17.8 Å². The van der Waals surface area contributed by atoms with E-state index in [1.54, 1.807) is 24.5 Å². The van der Waals surface area contributed by atoms with Crippen molar-refractivity contribution in [2.45, 2.75) is 6.92 Å². The molecule has 7 nitrogen and oxygen atoms in total. The van der Waals surface area contributed by atoms with Crippen LogP contribution in [0.3, 0.4) is 0 Å². The molecule has 0 atom stereocenters. The van der Waals surface area contributed by atoms with Gasteiger partial charge in [-0.05, 0) is 19.1 Å². The lowest BCUT2D eigenvalue weighted by atomic mass is 10.5. The van der Waals surface area contributed by atoms with E-state index >= 15 is 0 Å². The average molecular weight is 247 g/mol. The Labute approximate surface area is 104 Å². The van der Waals surface area contributed by atoms with Crippen LogP contribution in [-0.4, -0.2) is 33.6 Å². The molecule has 7 heteroatoms. The quantitative estimate of drug-likeness (QED) is 0.857. The maximum atomic E-state index is 5.46. The summed E-state index contributed by atoms with van der Waals surface area (Å²) in [6.07, 6.45) is 3.23. The highest BCUT2D eigenvalue weighted by Crippen LogP contribution is 2.19. The normalized spacial score (nSPS) is 9.89. The molecule has 2 aromatic heterocycles. The summed E-state index contributed by atoms with van der Waals surface area (Å²) in [6.45, 7) is 2.64. The van der Waals surface area contributed by atoms with Crippen LogP contribution in [0, 0.1) is 0 Å². The van der Waals surface area contributed by atoms with Gasteiger partial charge in [0.05, 0.1) is 13.3 Å². The van der Waals surface area contributed by atoms with Crippen LogP contribution >= 0.6 is 0 Å². The zero-order valence-electron chi connectivity index (χ0n) is 10.1. The molecule has 18 heavy (non-hydrogen) atoms. The van der Waals surface area contributed by atoms with Crippen molar-refractivity contribution < 1.29 is 9.47 Å².